The summed E-state index contributed by atoms with van der Waals surface area (Å²) in [6.45, 7) is 1.98. The Bertz CT molecular complexity index is 865. The molecular formula is C20H19NO3S2. The number of thiocarbonyl (C=S) groups is 1. The van der Waals surface area contributed by atoms with Crippen molar-refractivity contribution in [3.05, 3.63) is 64.6 Å². The van der Waals surface area contributed by atoms with E-state index in [1.807, 2.05) is 55.5 Å². The highest BCUT2D eigenvalue weighted by molar-refractivity contribution is 8.26. The molecule has 0 radical (unpaired) electrons. The monoisotopic (exact) mass is 385 g/mol. The summed E-state index contributed by atoms with van der Waals surface area (Å²) in [4.78, 5) is 15.2. The standard InChI is InChI=1S/C20H19NO3S2/c1-13(14-7-5-4-6-8-14)21-19(22)18(26-20(21)25)11-15-9-10-16(23-2)12-17(15)24-3/h4-13H,1-3H3/b18-11+. The number of amides is 1. The molecule has 0 saturated carbocycles. The second-order valence-corrected chi connectivity index (χ2v) is 7.42. The Morgan fingerprint density at radius 3 is 2.50 bits per heavy atom. The summed E-state index contributed by atoms with van der Waals surface area (Å²) >= 11 is 6.77. The topological polar surface area (TPSA) is 38.8 Å². The third kappa shape index (κ3) is 3.61. The zero-order valence-electron chi connectivity index (χ0n) is 14.8. The molecule has 2 aromatic carbocycles. The molecule has 1 amide bonds. The molecule has 26 heavy (non-hydrogen) atoms. The number of thioether (sulfide) groups is 1. The van der Waals surface area contributed by atoms with E-state index in [2.05, 4.69) is 0 Å². The van der Waals surface area contributed by atoms with Crippen molar-refractivity contribution in [3.8, 4) is 11.5 Å². The number of rotatable bonds is 5. The molecule has 1 aliphatic rings. The highest BCUT2D eigenvalue weighted by Crippen LogP contribution is 2.39. The van der Waals surface area contributed by atoms with Gasteiger partial charge in [0.15, 0.2) is 0 Å². The Kier molecular flexibility index (Phi) is 5.64. The minimum Gasteiger partial charge on any atom is -0.497 e. The summed E-state index contributed by atoms with van der Waals surface area (Å²) in [6, 6.07) is 15.2. The van der Waals surface area contributed by atoms with Crippen LogP contribution in [0.3, 0.4) is 0 Å². The van der Waals surface area contributed by atoms with E-state index >= 15 is 0 Å². The SMILES string of the molecule is COc1ccc(/C=C2/SC(=S)N(C(C)c3ccccc3)C2=O)c(OC)c1. The summed E-state index contributed by atoms with van der Waals surface area (Å²) in [5, 5.41) is 0. The second-order valence-electron chi connectivity index (χ2n) is 5.75. The van der Waals surface area contributed by atoms with Crippen LogP contribution in [0.1, 0.15) is 24.1 Å². The number of carbonyl (C=O) groups is 1. The van der Waals surface area contributed by atoms with E-state index < -0.39 is 0 Å². The van der Waals surface area contributed by atoms with E-state index in [1.165, 1.54) is 11.8 Å². The van der Waals surface area contributed by atoms with Gasteiger partial charge in [-0.15, -0.1) is 0 Å². The number of ether oxygens (including phenoxy) is 2. The Morgan fingerprint density at radius 2 is 1.85 bits per heavy atom. The van der Waals surface area contributed by atoms with Gasteiger partial charge in [0.25, 0.3) is 5.91 Å². The number of methoxy groups -OCH3 is 2. The molecule has 0 bridgehead atoms. The molecule has 0 spiro atoms. The van der Waals surface area contributed by atoms with Crippen molar-refractivity contribution in [1.29, 1.82) is 0 Å². The lowest BCUT2D eigenvalue weighted by atomic mass is 10.1. The predicted molar refractivity (Wildman–Crippen MR) is 109 cm³/mol. The number of benzene rings is 2. The Balaban J connectivity index is 1.90. The van der Waals surface area contributed by atoms with Gasteiger partial charge in [-0.05, 0) is 30.7 Å². The normalized spacial score (nSPS) is 16.9. The number of carbonyl (C=O) groups excluding carboxylic acids is 1. The maximum Gasteiger partial charge on any atom is 0.266 e. The molecule has 0 aliphatic carbocycles. The smallest absolute Gasteiger partial charge is 0.266 e. The molecule has 1 fully saturated rings. The van der Waals surface area contributed by atoms with E-state index in [-0.39, 0.29) is 11.9 Å². The first-order valence-electron chi connectivity index (χ1n) is 8.09. The maximum absolute atomic E-state index is 12.9. The van der Waals surface area contributed by atoms with Gasteiger partial charge < -0.3 is 9.47 Å². The van der Waals surface area contributed by atoms with E-state index in [0.29, 0.717) is 20.7 Å². The van der Waals surface area contributed by atoms with Crippen molar-refractivity contribution in [3.63, 3.8) is 0 Å². The average Bonchev–Trinajstić information content (AvgIpc) is 2.95. The molecular weight excluding hydrogens is 366 g/mol. The van der Waals surface area contributed by atoms with Gasteiger partial charge in [-0.3, -0.25) is 9.69 Å². The third-order valence-electron chi connectivity index (χ3n) is 4.22. The average molecular weight is 386 g/mol. The fraction of sp³-hybridized carbons (Fsp3) is 0.200. The summed E-state index contributed by atoms with van der Waals surface area (Å²) < 4.78 is 11.2. The van der Waals surface area contributed by atoms with Crippen LogP contribution in [0.25, 0.3) is 6.08 Å². The van der Waals surface area contributed by atoms with Crippen LogP contribution >= 0.6 is 24.0 Å². The zero-order valence-corrected chi connectivity index (χ0v) is 16.4. The molecule has 6 heteroatoms. The van der Waals surface area contributed by atoms with Crippen molar-refractivity contribution in [2.24, 2.45) is 0 Å². The van der Waals surface area contributed by atoms with E-state index in [0.717, 1.165) is 11.1 Å². The molecule has 1 atom stereocenters. The fourth-order valence-electron chi connectivity index (χ4n) is 2.77. The Morgan fingerprint density at radius 1 is 1.12 bits per heavy atom. The van der Waals surface area contributed by atoms with Crippen molar-refractivity contribution in [1.82, 2.24) is 4.90 Å². The van der Waals surface area contributed by atoms with Gasteiger partial charge in [-0.25, -0.2) is 0 Å². The first-order chi connectivity index (χ1) is 12.5. The summed E-state index contributed by atoms with van der Waals surface area (Å²) in [5.74, 6) is 1.25. The Hall–Kier alpha value is -2.31. The number of hydrogen-bond acceptors (Lipinski definition) is 5. The minimum absolute atomic E-state index is 0.0887. The summed E-state index contributed by atoms with van der Waals surface area (Å²) in [5.41, 5.74) is 1.85. The van der Waals surface area contributed by atoms with Gasteiger partial charge in [0.2, 0.25) is 0 Å². The quantitative estimate of drug-likeness (QED) is 0.553. The Labute approximate surface area is 162 Å². The molecule has 0 N–H and O–H groups in total. The lowest BCUT2D eigenvalue weighted by Crippen LogP contribution is -2.30. The van der Waals surface area contributed by atoms with Gasteiger partial charge >= 0.3 is 0 Å². The van der Waals surface area contributed by atoms with Crippen molar-refractivity contribution in [2.45, 2.75) is 13.0 Å². The van der Waals surface area contributed by atoms with E-state index in [4.69, 9.17) is 21.7 Å². The lowest BCUT2D eigenvalue weighted by molar-refractivity contribution is -0.123. The number of nitrogens with zero attached hydrogens (tertiary/aromatic N) is 1. The number of hydrogen-bond donors (Lipinski definition) is 0. The molecule has 1 heterocycles. The van der Waals surface area contributed by atoms with Gasteiger partial charge in [0.1, 0.15) is 15.8 Å². The molecule has 134 valence electrons. The van der Waals surface area contributed by atoms with Crippen LogP contribution in [-0.4, -0.2) is 29.3 Å². The van der Waals surface area contributed by atoms with Crippen LogP contribution in [0.5, 0.6) is 11.5 Å². The maximum atomic E-state index is 12.9. The molecule has 1 saturated heterocycles. The highest BCUT2D eigenvalue weighted by atomic mass is 32.2. The molecule has 4 nitrogen and oxygen atoms in total. The van der Waals surface area contributed by atoms with Gasteiger partial charge in [-0.1, -0.05) is 54.3 Å². The zero-order chi connectivity index (χ0) is 18.7. The van der Waals surface area contributed by atoms with E-state index in [9.17, 15) is 4.79 Å². The first-order valence-corrected chi connectivity index (χ1v) is 9.31. The van der Waals surface area contributed by atoms with Crippen LogP contribution in [0, 0.1) is 0 Å². The van der Waals surface area contributed by atoms with Crippen LogP contribution in [0.2, 0.25) is 0 Å². The predicted octanol–water partition coefficient (Wildman–Crippen LogP) is 4.67. The minimum atomic E-state index is -0.118. The van der Waals surface area contributed by atoms with Gasteiger partial charge in [-0.2, -0.15) is 0 Å². The summed E-state index contributed by atoms with van der Waals surface area (Å²) in [7, 11) is 3.19. The largest absolute Gasteiger partial charge is 0.497 e. The van der Waals surface area contributed by atoms with Crippen molar-refractivity contribution < 1.29 is 14.3 Å². The fourth-order valence-corrected chi connectivity index (χ4v) is 4.18. The van der Waals surface area contributed by atoms with Crippen molar-refractivity contribution >= 4 is 40.3 Å². The van der Waals surface area contributed by atoms with Crippen LogP contribution < -0.4 is 9.47 Å². The van der Waals surface area contributed by atoms with Gasteiger partial charge in [0, 0.05) is 11.6 Å². The van der Waals surface area contributed by atoms with Crippen molar-refractivity contribution in [2.75, 3.05) is 14.2 Å². The molecule has 3 rings (SSSR count). The molecule has 0 aromatic heterocycles. The lowest BCUT2D eigenvalue weighted by Gasteiger charge is -2.23. The molecule has 2 aromatic rings. The first kappa shape index (κ1) is 18.5. The van der Waals surface area contributed by atoms with E-state index in [1.54, 1.807) is 25.2 Å². The second kappa shape index (κ2) is 7.93. The van der Waals surface area contributed by atoms with Crippen LogP contribution in [0.4, 0.5) is 0 Å². The van der Waals surface area contributed by atoms with Crippen LogP contribution in [-0.2, 0) is 4.79 Å². The third-order valence-corrected chi connectivity index (χ3v) is 5.55. The van der Waals surface area contributed by atoms with Crippen LogP contribution in [0.15, 0.2) is 53.4 Å². The summed E-state index contributed by atoms with van der Waals surface area (Å²) in [6.07, 6.45) is 1.81. The molecule has 1 unspecified atom stereocenters. The molecule has 1 aliphatic heterocycles. The highest BCUT2D eigenvalue weighted by Gasteiger charge is 2.36. The van der Waals surface area contributed by atoms with Gasteiger partial charge in [0.05, 0.1) is 25.2 Å².